The van der Waals surface area contributed by atoms with E-state index in [0.717, 1.165) is 29.2 Å². The van der Waals surface area contributed by atoms with E-state index in [2.05, 4.69) is 9.98 Å². The van der Waals surface area contributed by atoms with Crippen molar-refractivity contribution in [2.75, 3.05) is 24.6 Å². The van der Waals surface area contributed by atoms with Crippen LogP contribution in [0.1, 0.15) is 12.4 Å². The normalized spacial score (nSPS) is 16.6. The van der Waals surface area contributed by atoms with E-state index < -0.39 is 6.55 Å². The number of hydrogen-bond donors (Lipinski definition) is 1. The number of hydrogen-bond acceptors (Lipinski definition) is 3. The summed E-state index contributed by atoms with van der Waals surface area (Å²) in [7, 11) is 0. The number of nitrogens with zero attached hydrogens (tertiary/aromatic N) is 4. The third kappa shape index (κ3) is 4.48. The van der Waals surface area contributed by atoms with Gasteiger partial charge in [-0.3, -0.25) is 4.57 Å². The molecule has 1 fully saturated rings. The first-order valence-corrected chi connectivity index (χ1v) is 6.76. The molecule has 0 bridgehead atoms. The van der Waals surface area contributed by atoms with Crippen molar-refractivity contribution in [3.8, 4) is 0 Å². The smallest absolute Gasteiger partial charge is 0.319 e. The van der Waals surface area contributed by atoms with Crippen LogP contribution in [0.15, 0.2) is 17.4 Å². The van der Waals surface area contributed by atoms with E-state index in [9.17, 15) is 8.78 Å². The minimum absolute atomic E-state index is 0. The molecule has 1 aromatic rings. The molecule has 2 heterocycles. The van der Waals surface area contributed by atoms with Crippen LogP contribution >= 0.6 is 35.7 Å². The first-order chi connectivity index (χ1) is 8.68. The van der Waals surface area contributed by atoms with Crippen molar-refractivity contribution in [1.29, 1.82) is 0 Å². The van der Waals surface area contributed by atoms with Crippen LogP contribution in [0.3, 0.4) is 0 Å². The lowest BCUT2D eigenvalue weighted by molar-refractivity contribution is 0.0671. The van der Waals surface area contributed by atoms with E-state index in [-0.39, 0.29) is 36.3 Å². The molecule has 0 aromatic carbocycles. The zero-order chi connectivity index (χ0) is 13.0. The Morgan fingerprint density at radius 1 is 1.47 bits per heavy atom. The summed E-state index contributed by atoms with van der Waals surface area (Å²) in [4.78, 5) is 9.94. The highest BCUT2D eigenvalue weighted by atomic mass is 127. The van der Waals surface area contributed by atoms with Gasteiger partial charge in [0.2, 0.25) is 0 Å². The predicted molar refractivity (Wildman–Crippen MR) is 83.1 cm³/mol. The Morgan fingerprint density at radius 2 is 2.16 bits per heavy atom. The number of alkyl halides is 2. The van der Waals surface area contributed by atoms with Gasteiger partial charge in [-0.1, -0.05) is 0 Å². The molecule has 0 spiro atoms. The number of rotatable bonds is 3. The van der Waals surface area contributed by atoms with Gasteiger partial charge in [0.15, 0.2) is 5.96 Å². The third-order valence-corrected chi connectivity index (χ3v) is 3.62. The molecule has 0 atom stereocenters. The largest absolute Gasteiger partial charge is 0.370 e. The van der Waals surface area contributed by atoms with Crippen LogP contribution in [-0.4, -0.2) is 45.0 Å². The summed E-state index contributed by atoms with van der Waals surface area (Å²) >= 11 is 1.87. The Bertz CT molecular complexity index is 420. The molecule has 0 saturated carbocycles. The van der Waals surface area contributed by atoms with Gasteiger partial charge in [-0.2, -0.15) is 20.5 Å². The maximum Gasteiger partial charge on any atom is 0.319 e. The van der Waals surface area contributed by atoms with E-state index in [0.29, 0.717) is 5.96 Å². The van der Waals surface area contributed by atoms with Gasteiger partial charge in [-0.15, -0.1) is 24.0 Å². The fraction of sp³-hybridized carbons (Fsp3) is 0.600. The molecular formula is C10H16F2IN5S. The molecule has 19 heavy (non-hydrogen) atoms. The molecule has 0 amide bonds. The number of nitrogens with two attached hydrogens (primary N) is 1. The molecular weight excluding hydrogens is 387 g/mol. The van der Waals surface area contributed by atoms with Gasteiger partial charge in [0, 0.05) is 37.0 Å². The second-order valence-corrected chi connectivity index (χ2v) is 5.03. The van der Waals surface area contributed by atoms with Gasteiger partial charge in [0.05, 0.1) is 0 Å². The lowest BCUT2D eigenvalue weighted by Crippen LogP contribution is -2.42. The molecule has 5 nitrogen and oxygen atoms in total. The van der Waals surface area contributed by atoms with Crippen molar-refractivity contribution in [2.45, 2.75) is 13.1 Å². The lowest BCUT2D eigenvalue weighted by Gasteiger charge is -2.27. The summed E-state index contributed by atoms with van der Waals surface area (Å²) in [6.07, 6.45) is 2.58. The van der Waals surface area contributed by atoms with Gasteiger partial charge in [0.25, 0.3) is 0 Å². The van der Waals surface area contributed by atoms with Crippen LogP contribution in [0.25, 0.3) is 0 Å². The number of halogens is 3. The van der Waals surface area contributed by atoms with Gasteiger partial charge in [0.1, 0.15) is 12.4 Å². The van der Waals surface area contributed by atoms with Crippen LogP contribution in [0, 0.1) is 0 Å². The first kappa shape index (κ1) is 16.5. The van der Waals surface area contributed by atoms with Crippen molar-refractivity contribution in [1.82, 2.24) is 14.5 Å². The van der Waals surface area contributed by atoms with E-state index in [1.807, 2.05) is 16.7 Å². The highest BCUT2D eigenvalue weighted by Crippen LogP contribution is 2.13. The highest BCUT2D eigenvalue weighted by molar-refractivity contribution is 14.0. The number of aromatic nitrogens is 2. The Balaban J connectivity index is 0.00000180. The summed E-state index contributed by atoms with van der Waals surface area (Å²) in [5.74, 6) is 2.66. The van der Waals surface area contributed by atoms with Crippen molar-refractivity contribution >= 4 is 41.7 Å². The topological polar surface area (TPSA) is 59.4 Å². The molecule has 0 radical (unpaired) electrons. The lowest BCUT2D eigenvalue weighted by atomic mass is 10.5. The van der Waals surface area contributed by atoms with E-state index >= 15 is 0 Å². The second kappa shape index (κ2) is 7.88. The molecule has 1 saturated heterocycles. The van der Waals surface area contributed by atoms with Gasteiger partial charge >= 0.3 is 6.55 Å². The first-order valence-electron chi connectivity index (χ1n) is 5.61. The van der Waals surface area contributed by atoms with Gasteiger partial charge < -0.3 is 10.6 Å². The predicted octanol–water partition coefficient (Wildman–Crippen LogP) is 1.76. The molecule has 108 valence electrons. The minimum Gasteiger partial charge on any atom is -0.370 e. The molecule has 1 aliphatic heterocycles. The fourth-order valence-corrected chi connectivity index (χ4v) is 2.59. The van der Waals surface area contributed by atoms with Crippen LogP contribution in [0.5, 0.6) is 0 Å². The summed E-state index contributed by atoms with van der Waals surface area (Å²) in [5, 5.41) is 0. The summed E-state index contributed by atoms with van der Waals surface area (Å²) in [5.41, 5.74) is 5.83. The van der Waals surface area contributed by atoms with Crippen molar-refractivity contribution < 1.29 is 8.78 Å². The van der Waals surface area contributed by atoms with Crippen LogP contribution in [0.2, 0.25) is 0 Å². The van der Waals surface area contributed by atoms with Crippen LogP contribution in [0.4, 0.5) is 8.78 Å². The zero-order valence-electron chi connectivity index (χ0n) is 10.2. The van der Waals surface area contributed by atoms with E-state index in [1.54, 1.807) is 0 Å². The summed E-state index contributed by atoms with van der Waals surface area (Å²) in [6, 6.07) is 0. The fourth-order valence-electron chi connectivity index (χ4n) is 1.69. The number of aliphatic imine (C=N–C) groups is 1. The maximum absolute atomic E-state index is 12.6. The Morgan fingerprint density at radius 3 is 2.79 bits per heavy atom. The number of guanidine groups is 1. The van der Waals surface area contributed by atoms with Crippen molar-refractivity contribution in [2.24, 2.45) is 10.7 Å². The third-order valence-electron chi connectivity index (χ3n) is 2.68. The van der Waals surface area contributed by atoms with Gasteiger partial charge in [-0.25, -0.2) is 9.98 Å². The minimum atomic E-state index is -2.59. The number of imidazole rings is 1. The average molecular weight is 403 g/mol. The molecule has 1 aliphatic rings. The molecule has 2 N–H and O–H groups in total. The van der Waals surface area contributed by atoms with E-state index in [1.165, 1.54) is 12.4 Å². The monoisotopic (exact) mass is 403 g/mol. The van der Waals surface area contributed by atoms with Crippen molar-refractivity contribution in [3.05, 3.63) is 18.2 Å². The van der Waals surface area contributed by atoms with Crippen LogP contribution in [-0.2, 0) is 6.54 Å². The quantitative estimate of drug-likeness (QED) is 0.475. The zero-order valence-corrected chi connectivity index (χ0v) is 13.4. The maximum atomic E-state index is 12.6. The molecule has 0 unspecified atom stereocenters. The van der Waals surface area contributed by atoms with Crippen molar-refractivity contribution in [3.63, 3.8) is 0 Å². The number of thioether (sulfide) groups is 1. The molecule has 0 aliphatic carbocycles. The second-order valence-electron chi connectivity index (χ2n) is 3.80. The average Bonchev–Trinajstić information content (AvgIpc) is 2.85. The molecule has 1 aromatic heterocycles. The van der Waals surface area contributed by atoms with Gasteiger partial charge in [-0.05, 0) is 0 Å². The van der Waals surface area contributed by atoms with E-state index in [4.69, 9.17) is 5.73 Å². The highest BCUT2D eigenvalue weighted by Gasteiger charge is 2.14. The van der Waals surface area contributed by atoms with Crippen LogP contribution < -0.4 is 5.73 Å². The SMILES string of the molecule is I.NC(=NCc1nccn1C(F)F)N1CCSCC1. The summed E-state index contributed by atoms with van der Waals surface area (Å²) < 4.78 is 25.9. The molecule has 9 heteroatoms. The Labute approximate surface area is 131 Å². The molecule has 2 rings (SSSR count). The standard InChI is InChI=1S/C10H15F2N5S.HI/c11-9(12)17-2-1-14-8(17)7-15-10(13)16-3-5-18-6-4-16;/h1-2,9H,3-7H2,(H2,13,15);1H. The summed E-state index contributed by atoms with van der Waals surface area (Å²) in [6.45, 7) is -0.815. The Hall–Kier alpha value is -0.580. The Kier molecular flexibility index (Phi) is 6.83.